The van der Waals surface area contributed by atoms with E-state index in [4.69, 9.17) is 15.7 Å². The van der Waals surface area contributed by atoms with Crippen molar-refractivity contribution in [3.8, 4) is 0 Å². The molecule has 0 bridgehead atoms. The van der Waals surface area contributed by atoms with E-state index in [9.17, 15) is 14.4 Å². The van der Waals surface area contributed by atoms with Crippen molar-refractivity contribution in [3.05, 3.63) is 29.8 Å². The zero-order valence-corrected chi connectivity index (χ0v) is 15.8. The second kappa shape index (κ2) is 9.58. The van der Waals surface area contributed by atoms with Gasteiger partial charge in [0.05, 0.1) is 13.0 Å². The van der Waals surface area contributed by atoms with E-state index in [2.05, 4.69) is 15.8 Å². The third-order valence-corrected chi connectivity index (χ3v) is 4.25. The third-order valence-electron chi connectivity index (χ3n) is 4.25. The molecule has 1 aliphatic heterocycles. The lowest BCUT2D eigenvalue weighted by atomic mass is 10.2. The number of nitrogens with zero attached hydrogens (tertiary/aromatic N) is 2. The lowest BCUT2D eigenvalue weighted by Gasteiger charge is -2.19. The summed E-state index contributed by atoms with van der Waals surface area (Å²) in [5, 5.41) is 16.9. The highest BCUT2D eigenvalue weighted by Crippen LogP contribution is 2.22. The topological polar surface area (TPSA) is 146 Å². The number of oxime groups is 1. The summed E-state index contributed by atoms with van der Waals surface area (Å²) in [7, 11) is 0. The van der Waals surface area contributed by atoms with Crippen LogP contribution in [0.5, 0.6) is 0 Å². The number of anilines is 1. The Kier molecular flexibility index (Phi) is 7.19. The molecule has 0 saturated carbocycles. The highest BCUT2D eigenvalue weighted by molar-refractivity contribution is 6.02. The molecule has 28 heavy (non-hydrogen) atoms. The Labute approximate surface area is 162 Å². The van der Waals surface area contributed by atoms with Crippen molar-refractivity contribution >= 4 is 29.4 Å². The quantitative estimate of drug-likeness (QED) is 0.175. The standard InChI is InChI=1S/C18H25N5O5/c1-3-28-15(24)10-11(2)20-18(26)21-14-8-9-23(17(14)25)13-6-4-12(5-7-13)16(19)22-27/h4-7,11,14,27H,3,8-10H2,1-2H3,(H2,19,22)(H2,20,21,26)/t11-,14+/m1/s1. The van der Waals surface area contributed by atoms with Crippen molar-refractivity contribution in [2.75, 3.05) is 18.1 Å². The lowest BCUT2D eigenvalue weighted by Crippen LogP contribution is -2.48. The highest BCUT2D eigenvalue weighted by atomic mass is 16.5. The van der Waals surface area contributed by atoms with Crippen molar-refractivity contribution in [1.82, 2.24) is 10.6 Å². The summed E-state index contributed by atoms with van der Waals surface area (Å²) < 4.78 is 4.84. The molecule has 2 rings (SSSR count). The van der Waals surface area contributed by atoms with Crippen LogP contribution < -0.4 is 21.3 Å². The predicted octanol–water partition coefficient (Wildman–Crippen LogP) is 0.527. The minimum atomic E-state index is -0.654. The second-order valence-electron chi connectivity index (χ2n) is 6.39. The summed E-state index contributed by atoms with van der Waals surface area (Å²) in [5.41, 5.74) is 6.71. The Bertz CT molecular complexity index is 749. The van der Waals surface area contributed by atoms with Crippen LogP contribution >= 0.6 is 0 Å². The van der Waals surface area contributed by atoms with Gasteiger partial charge >= 0.3 is 12.0 Å². The van der Waals surface area contributed by atoms with Gasteiger partial charge in [-0.05, 0) is 44.5 Å². The van der Waals surface area contributed by atoms with Crippen LogP contribution in [0.3, 0.4) is 0 Å². The zero-order chi connectivity index (χ0) is 20.7. The molecule has 10 heteroatoms. The van der Waals surface area contributed by atoms with Gasteiger partial charge in [-0.1, -0.05) is 5.16 Å². The number of amidine groups is 1. The van der Waals surface area contributed by atoms with E-state index in [0.717, 1.165) is 0 Å². The summed E-state index contributed by atoms with van der Waals surface area (Å²) in [6.45, 7) is 4.13. The number of urea groups is 1. The number of carbonyl (C=O) groups is 3. The van der Waals surface area contributed by atoms with E-state index < -0.39 is 24.1 Å². The molecule has 0 aliphatic carbocycles. The van der Waals surface area contributed by atoms with E-state index in [1.807, 2.05) is 0 Å². The first kappa shape index (κ1) is 21.0. The molecule has 152 valence electrons. The summed E-state index contributed by atoms with van der Waals surface area (Å²) in [5.74, 6) is -0.647. The average Bonchev–Trinajstić information content (AvgIpc) is 3.01. The monoisotopic (exact) mass is 391 g/mol. The average molecular weight is 391 g/mol. The fourth-order valence-electron chi connectivity index (χ4n) is 2.88. The number of hydrogen-bond donors (Lipinski definition) is 4. The molecule has 3 amide bonds. The first-order valence-electron chi connectivity index (χ1n) is 8.97. The highest BCUT2D eigenvalue weighted by Gasteiger charge is 2.33. The Hall–Kier alpha value is -3.30. The Morgan fingerprint density at radius 2 is 2.07 bits per heavy atom. The molecule has 1 heterocycles. The summed E-state index contributed by atoms with van der Waals surface area (Å²) >= 11 is 0. The summed E-state index contributed by atoms with van der Waals surface area (Å²) in [6, 6.07) is 5.07. The predicted molar refractivity (Wildman–Crippen MR) is 102 cm³/mol. The maximum Gasteiger partial charge on any atom is 0.315 e. The van der Waals surface area contributed by atoms with E-state index in [-0.39, 0.29) is 24.8 Å². The summed E-state index contributed by atoms with van der Waals surface area (Å²) in [4.78, 5) is 37.7. The molecule has 10 nitrogen and oxygen atoms in total. The van der Waals surface area contributed by atoms with Crippen LogP contribution in [-0.4, -0.2) is 54.2 Å². The van der Waals surface area contributed by atoms with E-state index in [1.165, 1.54) is 0 Å². The minimum absolute atomic E-state index is 0.0209. The molecule has 1 aliphatic rings. The third kappa shape index (κ3) is 5.35. The zero-order valence-electron chi connectivity index (χ0n) is 15.8. The van der Waals surface area contributed by atoms with Crippen molar-refractivity contribution in [1.29, 1.82) is 0 Å². The number of rotatable bonds is 7. The number of nitrogens with two attached hydrogens (primary N) is 1. The van der Waals surface area contributed by atoms with Gasteiger partial charge in [0.25, 0.3) is 0 Å². The van der Waals surface area contributed by atoms with Crippen LogP contribution in [-0.2, 0) is 14.3 Å². The summed E-state index contributed by atoms with van der Waals surface area (Å²) in [6.07, 6.45) is 0.513. The molecule has 1 saturated heterocycles. The van der Waals surface area contributed by atoms with Crippen LogP contribution in [0.15, 0.2) is 29.4 Å². The van der Waals surface area contributed by atoms with Crippen LogP contribution in [0.1, 0.15) is 32.3 Å². The first-order valence-corrected chi connectivity index (χ1v) is 8.97. The normalized spacial score (nSPS) is 17.9. The first-order chi connectivity index (χ1) is 13.3. The van der Waals surface area contributed by atoms with Crippen LogP contribution in [0.2, 0.25) is 0 Å². The number of carbonyl (C=O) groups excluding carboxylic acids is 3. The SMILES string of the molecule is CCOC(=O)C[C@@H](C)NC(=O)N[C@H]1CCN(c2ccc(C(N)=NO)cc2)C1=O. The number of nitrogens with one attached hydrogen (secondary N) is 2. The Balaban J connectivity index is 1.89. The van der Waals surface area contributed by atoms with Gasteiger partial charge in [0.2, 0.25) is 5.91 Å². The molecule has 0 unspecified atom stereocenters. The molecule has 1 aromatic carbocycles. The number of hydrogen-bond acceptors (Lipinski definition) is 6. The smallest absolute Gasteiger partial charge is 0.315 e. The molecule has 0 spiro atoms. The fraction of sp³-hybridized carbons (Fsp3) is 0.444. The Morgan fingerprint density at radius 3 is 2.68 bits per heavy atom. The molecule has 1 fully saturated rings. The van der Waals surface area contributed by atoms with Gasteiger partial charge in [-0.3, -0.25) is 9.59 Å². The molecule has 1 aromatic rings. The van der Waals surface area contributed by atoms with Crippen molar-refractivity contribution in [2.24, 2.45) is 10.9 Å². The molecule has 2 atom stereocenters. The molecular weight excluding hydrogens is 366 g/mol. The van der Waals surface area contributed by atoms with Gasteiger partial charge in [0, 0.05) is 23.8 Å². The largest absolute Gasteiger partial charge is 0.466 e. The van der Waals surface area contributed by atoms with E-state index in [0.29, 0.717) is 24.2 Å². The van der Waals surface area contributed by atoms with E-state index in [1.54, 1.807) is 43.0 Å². The number of esters is 1. The molecule has 5 N–H and O–H groups in total. The molecule has 0 aromatic heterocycles. The maximum absolute atomic E-state index is 12.6. The van der Waals surface area contributed by atoms with Gasteiger partial charge in [-0.15, -0.1) is 0 Å². The van der Waals surface area contributed by atoms with Crippen LogP contribution in [0.4, 0.5) is 10.5 Å². The Morgan fingerprint density at radius 1 is 1.39 bits per heavy atom. The van der Waals surface area contributed by atoms with Gasteiger partial charge < -0.3 is 31.2 Å². The van der Waals surface area contributed by atoms with Crippen LogP contribution in [0, 0.1) is 0 Å². The maximum atomic E-state index is 12.6. The van der Waals surface area contributed by atoms with Gasteiger partial charge in [0.1, 0.15) is 6.04 Å². The molecular formula is C18H25N5O5. The van der Waals surface area contributed by atoms with E-state index >= 15 is 0 Å². The molecule has 0 radical (unpaired) electrons. The van der Waals surface area contributed by atoms with Gasteiger partial charge in [-0.2, -0.15) is 0 Å². The number of ether oxygens (including phenoxy) is 1. The second-order valence-corrected chi connectivity index (χ2v) is 6.39. The van der Waals surface area contributed by atoms with Crippen molar-refractivity contribution in [2.45, 2.75) is 38.8 Å². The van der Waals surface area contributed by atoms with Gasteiger partial charge in [0.15, 0.2) is 5.84 Å². The fourth-order valence-corrected chi connectivity index (χ4v) is 2.88. The lowest BCUT2D eigenvalue weighted by molar-refractivity contribution is -0.143. The van der Waals surface area contributed by atoms with Crippen LogP contribution in [0.25, 0.3) is 0 Å². The van der Waals surface area contributed by atoms with Crippen molar-refractivity contribution < 1.29 is 24.3 Å². The van der Waals surface area contributed by atoms with Crippen molar-refractivity contribution in [3.63, 3.8) is 0 Å². The van der Waals surface area contributed by atoms with Gasteiger partial charge in [-0.25, -0.2) is 4.79 Å². The minimum Gasteiger partial charge on any atom is -0.466 e. The number of amides is 3. The number of benzene rings is 1.